The van der Waals surface area contributed by atoms with Gasteiger partial charge in [0.15, 0.2) is 6.61 Å². The zero-order valence-electron chi connectivity index (χ0n) is 16.5. The summed E-state index contributed by atoms with van der Waals surface area (Å²) in [5.74, 6) is 0.705. The summed E-state index contributed by atoms with van der Waals surface area (Å²) in [6, 6.07) is 14.6. The average molecular weight is 368 g/mol. The summed E-state index contributed by atoms with van der Waals surface area (Å²) in [6.07, 6.45) is 4.09. The number of likely N-dealkylation sites (tertiary alicyclic amines) is 1. The number of carbonyl (C=O) groups excluding carboxylic acids is 1. The van der Waals surface area contributed by atoms with Crippen molar-refractivity contribution >= 4 is 5.91 Å². The minimum atomic E-state index is -0.0977. The van der Waals surface area contributed by atoms with E-state index in [0.29, 0.717) is 6.54 Å². The molecular weight excluding hydrogens is 336 g/mol. The molecule has 0 atom stereocenters. The van der Waals surface area contributed by atoms with E-state index in [4.69, 9.17) is 4.74 Å². The quantitative estimate of drug-likeness (QED) is 0.790. The number of benzene rings is 2. The smallest absolute Gasteiger partial charge is 0.258 e. The number of nitrogens with one attached hydrogen (secondary N) is 2. The lowest BCUT2D eigenvalue weighted by Gasteiger charge is -2.23. The molecule has 0 aliphatic carbocycles. The molecule has 1 amide bonds. The zero-order valence-corrected chi connectivity index (χ0v) is 16.5. The summed E-state index contributed by atoms with van der Waals surface area (Å²) in [5.41, 5.74) is 4.59. The summed E-state index contributed by atoms with van der Waals surface area (Å²) in [7, 11) is 0. The molecule has 0 bridgehead atoms. The van der Waals surface area contributed by atoms with E-state index in [-0.39, 0.29) is 12.5 Å². The highest BCUT2D eigenvalue weighted by Crippen LogP contribution is 2.22. The number of rotatable bonds is 7. The number of ether oxygens (including phenoxy) is 1. The molecule has 2 aromatic rings. The highest BCUT2D eigenvalue weighted by molar-refractivity contribution is 5.77. The third-order valence-corrected chi connectivity index (χ3v) is 5.28. The molecular formula is C23H31N2O2+. The van der Waals surface area contributed by atoms with Crippen LogP contribution in [-0.4, -0.2) is 25.6 Å². The number of carbonyl (C=O) groups is 1. The Morgan fingerprint density at radius 2 is 1.59 bits per heavy atom. The third kappa shape index (κ3) is 5.83. The van der Waals surface area contributed by atoms with E-state index in [1.54, 1.807) is 4.90 Å². The minimum absolute atomic E-state index is 0.0437. The molecule has 1 aliphatic heterocycles. The van der Waals surface area contributed by atoms with Crippen LogP contribution in [0.5, 0.6) is 5.75 Å². The molecule has 0 unspecified atom stereocenters. The molecule has 0 saturated carbocycles. The Bertz CT molecular complexity index is 729. The van der Waals surface area contributed by atoms with Gasteiger partial charge in [-0.05, 0) is 49.8 Å². The summed E-state index contributed by atoms with van der Waals surface area (Å²) in [5, 5.41) is 2.94. The number of aryl methyl sites for hydroxylation is 2. The van der Waals surface area contributed by atoms with Crippen LogP contribution in [0, 0.1) is 13.8 Å². The van der Waals surface area contributed by atoms with E-state index >= 15 is 0 Å². The second-order valence-electron chi connectivity index (χ2n) is 7.59. The van der Waals surface area contributed by atoms with Gasteiger partial charge in [0.2, 0.25) is 0 Å². The van der Waals surface area contributed by atoms with E-state index in [2.05, 4.69) is 29.6 Å². The van der Waals surface area contributed by atoms with Crippen molar-refractivity contribution in [3.63, 3.8) is 0 Å². The molecule has 144 valence electrons. The van der Waals surface area contributed by atoms with Crippen molar-refractivity contribution in [1.82, 2.24) is 5.32 Å². The molecule has 1 heterocycles. The monoisotopic (exact) mass is 367 g/mol. The molecule has 3 rings (SSSR count). The van der Waals surface area contributed by atoms with Gasteiger partial charge in [-0.3, -0.25) is 4.79 Å². The molecule has 27 heavy (non-hydrogen) atoms. The fourth-order valence-electron chi connectivity index (χ4n) is 3.71. The number of piperidine rings is 1. The Kier molecular flexibility index (Phi) is 6.88. The van der Waals surface area contributed by atoms with Crippen LogP contribution < -0.4 is 15.0 Å². The number of hydrogen-bond donors (Lipinski definition) is 2. The molecule has 1 aliphatic rings. The van der Waals surface area contributed by atoms with Crippen LogP contribution in [0.1, 0.15) is 41.5 Å². The van der Waals surface area contributed by atoms with Crippen LogP contribution in [0.4, 0.5) is 0 Å². The molecule has 0 spiro atoms. The number of para-hydroxylation sites is 1. The second-order valence-corrected chi connectivity index (χ2v) is 7.59. The fraction of sp³-hybridized carbons (Fsp3) is 0.435. The second kappa shape index (κ2) is 9.56. The Labute approximate surface area is 162 Å². The predicted octanol–water partition coefficient (Wildman–Crippen LogP) is 2.57. The maximum atomic E-state index is 12.1. The summed E-state index contributed by atoms with van der Waals surface area (Å²) in [6.45, 7) is 8.25. The fourth-order valence-corrected chi connectivity index (χ4v) is 3.71. The van der Waals surface area contributed by atoms with E-state index in [0.717, 1.165) is 29.0 Å². The lowest BCUT2D eigenvalue weighted by atomic mass is 10.1. The highest BCUT2D eigenvalue weighted by Gasteiger charge is 2.13. The Balaban J connectivity index is 1.43. The molecule has 4 heteroatoms. The molecule has 1 saturated heterocycles. The SMILES string of the molecule is Cc1cccc(C)c1OCC(=O)NCc1ccc(C[NH+]2CCCCC2)cc1. The largest absolute Gasteiger partial charge is 0.483 e. The molecule has 2 aromatic carbocycles. The summed E-state index contributed by atoms with van der Waals surface area (Å²) in [4.78, 5) is 13.8. The summed E-state index contributed by atoms with van der Waals surface area (Å²) < 4.78 is 5.71. The zero-order chi connectivity index (χ0) is 19.1. The predicted molar refractivity (Wildman–Crippen MR) is 108 cm³/mol. The van der Waals surface area contributed by atoms with Crippen molar-refractivity contribution in [2.24, 2.45) is 0 Å². The molecule has 4 nitrogen and oxygen atoms in total. The van der Waals surface area contributed by atoms with Crippen molar-refractivity contribution in [3.05, 3.63) is 64.7 Å². The first-order valence-corrected chi connectivity index (χ1v) is 9.99. The maximum absolute atomic E-state index is 12.1. The Morgan fingerprint density at radius 3 is 2.26 bits per heavy atom. The van der Waals surface area contributed by atoms with Crippen molar-refractivity contribution in [2.75, 3.05) is 19.7 Å². The van der Waals surface area contributed by atoms with Crippen molar-refractivity contribution < 1.29 is 14.4 Å². The molecule has 0 radical (unpaired) electrons. The molecule has 2 N–H and O–H groups in total. The highest BCUT2D eigenvalue weighted by atomic mass is 16.5. The van der Waals surface area contributed by atoms with Crippen LogP contribution in [0.2, 0.25) is 0 Å². The van der Waals surface area contributed by atoms with Gasteiger partial charge in [0.25, 0.3) is 5.91 Å². The van der Waals surface area contributed by atoms with Crippen LogP contribution in [0.15, 0.2) is 42.5 Å². The van der Waals surface area contributed by atoms with Gasteiger partial charge in [0.05, 0.1) is 13.1 Å². The first-order chi connectivity index (χ1) is 13.1. The Hall–Kier alpha value is -2.33. The van der Waals surface area contributed by atoms with Crippen LogP contribution >= 0.6 is 0 Å². The van der Waals surface area contributed by atoms with Crippen LogP contribution in [0.25, 0.3) is 0 Å². The molecule has 0 aromatic heterocycles. The molecule has 1 fully saturated rings. The van der Waals surface area contributed by atoms with E-state index in [1.165, 1.54) is 37.9 Å². The normalized spacial score (nSPS) is 14.7. The average Bonchev–Trinajstić information content (AvgIpc) is 2.68. The van der Waals surface area contributed by atoms with Crippen molar-refractivity contribution in [1.29, 1.82) is 0 Å². The van der Waals surface area contributed by atoms with E-state index in [9.17, 15) is 4.79 Å². The first kappa shape index (κ1) is 19.4. The van der Waals surface area contributed by atoms with Gasteiger partial charge in [0, 0.05) is 12.1 Å². The van der Waals surface area contributed by atoms with E-state index in [1.807, 2.05) is 32.0 Å². The number of hydrogen-bond acceptors (Lipinski definition) is 2. The van der Waals surface area contributed by atoms with Crippen LogP contribution in [0.3, 0.4) is 0 Å². The maximum Gasteiger partial charge on any atom is 0.258 e. The first-order valence-electron chi connectivity index (χ1n) is 9.99. The van der Waals surface area contributed by atoms with Gasteiger partial charge < -0.3 is 15.0 Å². The lowest BCUT2D eigenvalue weighted by molar-refractivity contribution is -0.918. The van der Waals surface area contributed by atoms with Gasteiger partial charge >= 0.3 is 0 Å². The Morgan fingerprint density at radius 1 is 0.963 bits per heavy atom. The van der Waals surface area contributed by atoms with Gasteiger partial charge in [-0.25, -0.2) is 0 Å². The lowest BCUT2D eigenvalue weighted by Crippen LogP contribution is -3.11. The van der Waals surface area contributed by atoms with Gasteiger partial charge in [-0.15, -0.1) is 0 Å². The number of quaternary nitrogens is 1. The van der Waals surface area contributed by atoms with Gasteiger partial charge in [-0.1, -0.05) is 42.5 Å². The van der Waals surface area contributed by atoms with Crippen LogP contribution in [-0.2, 0) is 17.9 Å². The third-order valence-electron chi connectivity index (χ3n) is 5.28. The topological polar surface area (TPSA) is 42.8 Å². The van der Waals surface area contributed by atoms with Crippen molar-refractivity contribution in [3.8, 4) is 5.75 Å². The standard InChI is InChI=1S/C23H30N2O2/c1-18-7-6-8-19(2)23(18)27-17-22(26)24-15-20-9-11-21(12-10-20)16-25-13-4-3-5-14-25/h6-12H,3-5,13-17H2,1-2H3,(H,24,26)/p+1. The van der Waals surface area contributed by atoms with E-state index < -0.39 is 0 Å². The van der Waals surface area contributed by atoms with Gasteiger partial charge in [0.1, 0.15) is 12.3 Å². The number of amides is 1. The van der Waals surface area contributed by atoms with Gasteiger partial charge in [-0.2, -0.15) is 0 Å². The van der Waals surface area contributed by atoms with Crippen molar-refractivity contribution in [2.45, 2.75) is 46.2 Å². The summed E-state index contributed by atoms with van der Waals surface area (Å²) >= 11 is 0. The minimum Gasteiger partial charge on any atom is -0.483 e.